The third-order valence-corrected chi connectivity index (χ3v) is 8.03. The highest BCUT2D eigenvalue weighted by atomic mass is 19.1. The summed E-state index contributed by atoms with van der Waals surface area (Å²) in [7, 11) is 0. The van der Waals surface area contributed by atoms with Crippen molar-refractivity contribution in [2.75, 3.05) is 24.5 Å². The first kappa shape index (κ1) is 24.7. The van der Waals surface area contributed by atoms with Crippen molar-refractivity contribution in [1.29, 1.82) is 0 Å². The molecule has 4 heteroatoms. The second-order valence-corrected chi connectivity index (χ2v) is 11.9. The van der Waals surface area contributed by atoms with Gasteiger partial charge in [0.25, 0.3) is 5.91 Å². The van der Waals surface area contributed by atoms with Crippen molar-refractivity contribution in [1.82, 2.24) is 4.90 Å². The molecule has 1 saturated heterocycles. The highest BCUT2D eigenvalue weighted by Gasteiger charge is 2.46. The third-order valence-electron chi connectivity index (χ3n) is 8.03. The summed E-state index contributed by atoms with van der Waals surface area (Å²) in [6.07, 6.45) is 1.84. The van der Waals surface area contributed by atoms with E-state index >= 15 is 0 Å². The van der Waals surface area contributed by atoms with Crippen LogP contribution in [0, 0.1) is 19.7 Å². The van der Waals surface area contributed by atoms with Gasteiger partial charge in [0.2, 0.25) is 0 Å². The summed E-state index contributed by atoms with van der Waals surface area (Å²) in [5.41, 5.74) is 7.52. The molecule has 5 rings (SSSR count). The average Bonchev–Trinajstić information content (AvgIpc) is 3.12. The minimum absolute atomic E-state index is 0.00198. The van der Waals surface area contributed by atoms with Gasteiger partial charge in [-0.3, -0.25) is 9.69 Å². The van der Waals surface area contributed by atoms with Crippen molar-refractivity contribution in [3.8, 4) is 0 Å². The van der Waals surface area contributed by atoms with E-state index in [-0.39, 0.29) is 22.6 Å². The van der Waals surface area contributed by atoms with E-state index in [9.17, 15) is 9.18 Å². The smallest absolute Gasteiger partial charge is 0.258 e. The third kappa shape index (κ3) is 4.71. The van der Waals surface area contributed by atoms with Crippen LogP contribution < -0.4 is 4.90 Å². The van der Waals surface area contributed by atoms with E-state index in [0.717, 1.165) is 43.7 Å². The lowest BCUT2D eigenvalue weighted by Crippen LogP contribution is -2.45. The fourth-order valence-corrected chi connectivity index (χ4v) is 6.08. The SMILES string of the molecule is Cc1cc(C)cc(CN2CCC3(CC2)CN(C(=O)c2ccc(C(C)(C)C)cc2)c2ccc(F)cc23)c1. The van der Waals surface area contributed by atoms with Gasteiger partial charge in [-0.2, -0.15) is 0 Å². The van der Waals surface area contributed by atoms with E-state index in [2.05, 4.69) is 69.9 Å². The molecule has 3 nitrogen and oxygen atoms in total. The highest BCUT2D eigenvalue weighted by molar-refractivity contribution is 6.07. The highest BCUT2D eigenvalue weighted by Crippen LogP contribution is 2.48. The van der Waals surface area contributed by atoms with Gasteiger partial charge >= 0.3 is 0 Å². The Balaban J connectivity index is 1.37. The monoisotopic (exact) mass is 484 g/mol. The van der Waals surface area contributed by atoms with Crippen molar-refractivity contribution >= 4 is 11.6 Å². The minimum atomic E-state index is -0.227. The Kier molecular flexibility index (Phi) is 6.28. The summed E-state index contributed by atoms with van der Waals surface area (Å²) in [4.78, 5) is 18.1. The number of amides is 1. The normalized spacial score (nSPS) is 17.4. The molecule has 0 aromatic heterocycles. The Hall–Kier alpha value is -2.98. The first-order valence-corrected chi connectivity index (χ1v) is 13.1. The van der Waals surface area contributed by atoms with Gasteiger partial charge in [0.15, 0.2) is 0 Å². The number of aryl methyl sites for hydroxylation is 2. The fourth-order valence-electron chi connectivity index (χ4n) is 6.08. The molecule has 3 aromatic carbocycles. The molecule has 1 spiro atoms. The number of likely N-dealkylation sites (tertiary alicyclic amines) is 1. The first-order valence-electron chi connectivity index (χ1n) is 13.1. The number of anilines is 1. The molecule has 3 aromatic rings. The number of benzene rings is 3. The number of carbonyl (C=O) groups excluding carboxylic acids is 1. The molecule has 1 fully saturated rings. The first-order chi connectivity index (χ1) is 17.0. The molecule has 0 aliphatic carbocycles. The lowest BCUT2D eigenvalue weighted by Gasteiger charge is -2.40. The molecule has 0 saturated carbocycles. The maximum Gasteiger partial charge on any atom is 0.258 e. The molecule has 2 aliphatic rings. The van der Waals surface area contributed by atoms with Gasteiger partial charge < -0.3 is 4.90 Å². The Morgan fingerprint density at radius 3 is 2.17 bits per heavy atom. The quantitative estimate of drug-likeness (QED) is 0.402. The lowest BCUT2D eigenvalue weighted by molar-refractivity contribution is 0.0975. The number of piperidine rings is 1. The van der Waals surface area contributed by atoms with E-state index in [1.165, 1.54) is 28.3 Å². The van der Waals surface area contributed by atoms with Gasteiger partial charge in [0.05, 0.1) is 0 Å². The zero-order valence-electron chi connectivity index (χ0n) is 22.2. The summed E-state index contributed by atoms with van der Waals surface area (Å²) >= 11 is 0. The van der Waals surface area contributed by atoms with Gasteiger partial charge in [0, 0.05) is 29.8 Å². The van der Waals surface area contributed by atoms with Crippen LogP contribution >= 0.6 is 0 Å². The fraction of sp³-hybridized carbons (Fsp3) is 0.406. The van der Waals surface area contributed by atoms with Gasteiger partial charge in [-0.1, -0.05) is 62.2 Å². The van der Waals surface area contributed by atoms with Crippen molar-refractivity contribution in [3.05, 3.63) is 99.9 Å². The molecular formula is C32H37FN2O. The number of halogens is 1. The molecule has 1 amide bonds. The second kappa shape index (κ2) is 9.15. The maximum absolute atomic E-state index is 14.4. The van der Waals surface area contributed by atoms with Crippen LogP contribution in [0.4, 0.5) is 10.1 Å². The second-order valence-electron chi connectivity index (χ2n) is 11.9. The Labute approximate surface area is 214 Å². The Morgan fingerprint density at radius 1 is 0.917 bits per heavy atom. The van der Waals surface area contributed by atoms with Gasteiger partial charge in [0.1, 0.15) is 5.82 Å². The van der Waals surface area contributed by atoms with Crippen LogP contribution in [0.5, 0.6) is 0 Å². The summed E-state index contributed by atoms with van der Waals surface area (Å²) < 4.78 is 14.4. The topological polar surface area (TPSA) is 23.6 Å². The van der Waals surface area contributed by atoms with E-state index in [1.807, 2.05) is 17.0 Å². The lowest BCUT2D eigenvalue weighted by atomic mass is 9.74. The van der Waals surface area contributed by atoms with Crippen LogP contribution in [0.2, 0.25) is 0 Å². The number of hydrogen-bond acceptors (Lipinski definition) is 2. The molecule has 188 valence electrons. The largest absolute Gasteiger partial charge is 0.307 e. The number of rotatable bonds is 3. The van der Waals surface area contributed by atoms with Gasteiger partial charge in [-0.05, 0) is 92.2 Å². The van der Waals surface area contributed by atoms with E-state index in [4.69, 9.17) is 0 Å². The zero-order chi connectivity index (χ0) is 25.7. The number of carbonyl (C=O) groups is 1. The predicted octanol–water partition coefficient (Wildman–Crippen LogP) is 6.93. The summed E-state index contributed by atoms with van der Waals surface area (Å²) in [6.45, 7) is 14.2. The van der Waals surface area contributed by atoms with Crippen LogP contribution in [0.3, 0.4) is 0 Å². The van der Waals surface area contributed by atoms with Crippen LogP contribution in [0.1, 0.15) is 71.8 Å². The molecule has 0 atom stereocenters. The van der Waals surface area contributed by atoms with Crippen LogP contribution in [-0.4, -0.2) is 30.4 Å². The molecule has 36 heavy (non-hydrogen) atoms. The Bertz CT molecular complexity index is 1260. The minimum Gasteiger partial charge on any atom is -0.307 e. The van der Waals surface area contributed by atoms with Crippen molar-refractivity contribution in [3.63, 3.8) is 0 Å². The average molecular weight is 485 g/mol. The molecule has 2 heterocycles. The van der Waals surface area contributed by atoms with Crippen molar-refractivity contribution in [2.45, 2.75) is 64.8 Å². The van der Waals surface area contributed by atoms with E-state index in [1.54, 1.807) is 12.1 Å². The molecule has 0 bridgehead atoms. The number of fused-ring (bicyclic) bond motifs is 2. The molecule has 0 unspecified atom stereocenters. The van der Waals surface area contributed by atoms with Crippen LogP contribution in [0.25, 0.3) is 0 Å². The van der Waals surface area contributed by atoms with Crippen molar-refractivity contribution in [2.24, 2.45) is 0 Å². The molecule has 0 N–H and O–H groups in total. The Morgan fingerprint density at radius 2 is 1.56 bits per heavy atom. The van der Waals surface area contributed by atoms with Crippen LogP contribution in [0.15, 0.2) is 60.7 Å². The van der Waals surface area contributed by atoms with Crippen LogP contribution in [-0.2, 0) is 17.4 Å². The number of nitrogens with zero attached hydrogens (tertiary/aromatic N) is 2. The standard InChI is InChI=1S/C32H37FN2O/c1-22-16-23(2)18-24(17-22)20-34-14-12-32(13-15-34)21-35(29-11-10-27(33)19-28(29)32)30(36)25-6-8-26(9-7-25)31(3,4)5/h6-11,16-19H,12-15,20-21H2,1-5H3. The van der Waals surface area contributed by atoms with Gasteiger partial charge in [-0.15, -0.1) is 0 Å². The maximum atomic E-state index is 14.4. The summed E-state index contributed by atoms with van der Waals surface area (Å²) in [5.74, 6) is -0.229. The zero-order valence-corrected chi connectivity index (χ0v) is 22.2. The molecular weight excluding hydrogens is 447 g/mol. The van der Waals surface area contributed by atoms with Crippen molar-refractivity contribution < 1.29 is 9.18 Å². The van der Waals surface area contributed by atoms with Gasteiger partial charge in [-0.25, -0.2) is 4.39 Å². The summed E-state index contributed by atoms with van der Waals surface area (Å²) in [6, 6.07) is 19.7. The van der Waals surface area contributed by atoms with E-state index < -0.39 is 0 Å². The molecule has 2 aliphatic heterocycles. The molecule has 0 radical (unpaired) electrons. The summed E-state index contributed by atoms with van der Waals surface area (Å²) in [5, 5.41) is 0. The number of hydrogen-bond donors (Lipinski definition) is 0. The van der Waals surface area contributed by atoms with E-state index in [0.29, 0.717) is 12.1 Å². The predicted molar refractivity (Wildman–Crippen MR) is 145 cm³/mol.